The van der Waals surface area contributed by atoms with E-state index >= 15 is 0 Å². The maximum atomic E-state index is 12.7. The second-order valence-corrected chi connectivity index (χ2v) is 7.03. The fourth-order valence-corrected chi connectivity index (χ4v) is 3.47. The van der Waals surface area contributed by atoms with Gasteiger partial charge in [0.25, 0.3) is 5.56 Å². The molecule has 7 nitrogen and oxygen atoms in total. The number of rotatable bonds is 3. The van der Waals surface area contributed by atoms with Crippen LogP contribution in [0, 0.1) is 5.92 Å². The molecule has 7 heteroatoms. The summed E-state index contributed by atoms with van der Waals surface area (Å²) in [4.78, 5) is 31.8. The second-order valence-electron chi connectivity index (χ2n) is 7.03. The average Bonchev–Trinajstić information content (AvgIpc) is 2.89. The number of aromatic nitrogens is 4. The molecule has 2 aromatic rings. The highest BCUT2D eigenvalue weighted by molar-refractivity contribution is 5.74. The van der Waals surface area contributed by atoms with Gasteiger partial charge in [-0.2, -0.15) is 4.98 Å². The fraction of sp³-hybridized carbons (Fsp3) is 0.588. The van der Waals surface area contributed by atoms with Gasteiger partial charge in [-0.05, 0) is 25.7 Å². The maximum absolute atomic E-state index is 12.7. The standard InChI is InChI=1S/C17H25N5O2/c1-11(2)9-22-13-14(19(4)17(24)20(5)15(13)23)18-16(22)21-8-6-7-12(3)10-21/h12H,1,6-10H2,2-5H3. The molecule has 0 aliphatic carbocycles. The van der Waals surface area contributed by atoms with E-state index in [1.165, 1.54) is 18.0 Å². The van der Waals surface area contributed by atoms with Crippen molar-refractivity contribution in [3.8, 4) is 0 Å². The molecule has 0 spiro atoms. The lowest BCUT2D eigenvalue weighted by atomic mass is 10.0. The highest BCUT2D eigenvalue weighted by Gasteiger charge is 2.25. The lowest BCUT2D eigenvalue weighted by molar-refractivity contribution is 0.439. The minimum Gasteiger partial charge on any atom is -0.342 e. The Hall–Kier alpha value is -2.31. The molecule has 3 rings (SSSR count). The predicted molar refractivity (Wildman–Crippen MR) is 95.6 cm³/mol. The van der Waals surface area contributed by atoms with E-state index < -0.39 is 0 Å². The van der Waals surface area contributed by atoms with Gasteiger partial charge < -0.3 is 9.47 Å². The first-order chi connectivity index (χ1) is 11.3. The number of allylic oxidation sites excluding steroid dienone is 1. The van der Waals surface area contributed by atoms with Crippen molar-refractivity contribution in [2.45, 2.75) is 33.2 Å². The van der Waals surface area contributed by atoms with E-state index in [4.69, 9.17) is 0 Å². The van der Waals surface area contributed by atoms with Crippen LogP contribution in [0.3, 0.4) is 0 Å². The first kappa shape index (κ1) is 16.5. The van der Waals surface area contributed by atoms with Crippen LogP contribution in [-0.2, 0) is 20.6 Å². The molecule has 0 aromatic carbocycles. The van der Waals surface area contributed by atoms with E-state index in [1.54, 1.807) is 7.05 Å². The summed E-state index contributed by atoms with van der Waals surface area (Å²) in [6.07, 6.45) is 2.31. The van der Waals surface area contributed by atoms with Crippen molar-refractivity contribution in [3.05, 3.63) is 33.0 Å². The van der Waals surface area contributed by atoms with Crippen molar-refractivity contribution in [1.82, 2.24) is 18.7 Å². The first-order valence-electron chi connectivity index (χ1n) is 8.36. The lowest BCUT2D eigenvalue weighted by Gasteiger charge is -2.32. The van der Waals surface area contributed by atoms with Gasteiger partial charge in [0.2, 0.25) is 5.95 Å². The Labute approximate surface area is 140 Å². The highest BCUT2D eigenvalue weighted by Crippen LogP contribution is 2.25. The third-order valence-corrected chi connectivity index (χ3v) is 4.70. The molecule has 24 heavy (non-hydrogen) atoms. The number of hydrogen-bond acceptors (Lipinski definition) is 4. The van der Waals surface area contributed by atoms with E-state index in [0.717, 1.165) is 35.6 Å². The fourth-order valence-electron chi connectivity index (χ4n) is 3.47. The Balaban J connectivity index is 2.31. The van der Waals surface area contributed by atoms with Crippen molar-refractivity contribution >= 4 is 17.1 Å². The zero-order valence-electron chi connectivity index (χ0n) is 14.9. The Kier molecular flexibility index (Phi) is 4.11. The number of fused-ring (bicyclic) bond motifs is 1. The zero-order chi connectivity index (χ0) is 17.6. The molecule has 3 heterocycles. The molecule has 0 bridgehead atoms. The largest absolute Gasteiger partial charge is 0.342 e. The Bertz CT molecular complexity index is 918. The Morgan fingerprint density at radius 1 is 1.29 bits per heavy atom. The number of anilines is 1. The minimum absolute atomic E-state index is 0.307. The van der Waals surface area contributed by atoms with Gasteiger partial charge in [0.15, 0.2) is 11.2 Å². The number of piperidine rings is 1. The van der Waals surface area contributed by atoms with E-state index in [9.17, 15) is 9.59 Å². The molecular formula is C17H25N5O2. The van der Waals surface area contributed by atoms with Gasteiger partial charge in [0.05, 0.1) is 0 Å². The van der Waals surface area contributed by atoms with Crippen LogP contribution in [0.1, 0.15) is 26.7 Å². The van der Waals surface area contributed by atoms with Gasteiger partial charge in [-0.3, -0.25) is 13.9 Å². The van der Waals surface area contributed by atoms with Gasteiger partial charge in [-0.15, -0.1) is 0 Å². The molecule has 0 amide bonds. The normalized spacial score (nSPS) is 18.3. The predicted octanol–water partition coefficient (Wildman–Crippen LogP) is 1.25. The number of imidazole rings is 1. The Morgan fingerprint density at radius 3 is 2.62 bits per heavy atom. The van der Waals surface area contributed by atoms with Crippen LogP contribution in [0.2, 0.25) is 0 Å². The molecule has 0 saturated carbocycles. The van der Waals surface area contributed by atoms with Gasteiger partial charge in [-0.1, -0.05) is 19.1 Å². The number of aryl methyl sites for hydroxylation is 1. The SMILES string of the molecule is C=C(C)Cn1c(N2CCCC(C)C2)nc2c1c(=O)n(C)c(=O)n2C. The summed E-state index contributed by atoms with van der Waals surface area (Å²) in [5.41, 5.74) is 1.19. The van der Waals surface area contributed by atoms with E-state index in [2.05, 4.69) is 23.4 Å². The summed E-state index contributed by atoms with van der Waals surface area (Å²) in [7, 11) is 3.16. The Morgan fingerprint density at radius 2 is 2.00 bits per heavy atom. The van der Waals surface area contributed by atoms with Crippen molar-refractivity contribution in [2.75, 3.05) is 18.0 Å². The maximum Gasteiger partial charge on any atom is 0.332 e. The van der Waals surface area contributed by atoms with E-state index in [0.29, 0.717) is 23.6 Å². The van der Waals surface area contributed by atoms with E-state index in [-0.39, 0.29) is 11.2 Å². The van der Waals surface area contributed by atoms with Crippen LogP contribution in [0.25, 0.3) is 11.2 Å². The average molecular weight is 331 g/mol. The monoisotopic (exact) mass is 331 g/mol. The topological polar surface area (TPSA) is 65.1 Å². The smallest absolute Gasteiger partial charge is 0.332 e. The molecule has 1 saturated heterocycles. The molecule has 1 unspecified atom stereocenters. The minimum atomic E-state index is -0.356. The zero-order valence-corrected chi connectivity index (χ0v) is 14.9. The molecule has 1 aliphatic heterocycles. The summed E-state index contributed by atoms with van der Waals surface area (Å²) in [6, 6.07) is 0. The van der Waals surface area contributed by atoms with Gasteiger partial charge in [0, 0.05) is 33.7 Å². The third kappa shape index (κ3) is 2.57. The molecule has 1 atom stereocenters. The van der Waals surface area contributed by atoms with Crippen LogP contribution in [0.5, 0.6) is 0 Å². The highest BCUT2D eigenvalue weighted by atomic mass is 16.2. The summed E-state index contributed by atoms with van der Waals surface area (Å²) in [5.74, 6) is 1.35. The van der Waals surface area contributed by atoms with Crippen LogP contribution < -0.4 is 16.1 Å². The van der Waals surface area contributed by atoms with Crippen molar-refractivity contribution in [3.63, 3.8) is 0 Å². The summed E-state index contributed by atoms with van der Waals surface area (Å²) >= 11 is 0. The lowest BCUT2D eigenvalue weighted by Crippen LogP contribution is -2.38. The van der Waals surface area contributed by atoms with Crippen LogP contribution in [0.4, 0.5) is 5.95 Å². The summed E-state index contributed by atoms with van der Waals surface area (Å²) in [5, 5.41) is 0. The molecule has 1 aliphatic rings. The first-order valence-corrected chi connectivity index (χ1v) is 8.36. The summed E-state index contributed by atoms with van der Waals surface area (Å²) in [6.45, 7) is 10.5. The quantitative estimate of drug-likeness (QED) is 0.794. The van der Waals surface area contributed by atoms with Crippen molar-refractivity contribution in [2.24, 2.45) is 20.0 Å². The molecule has 2 aromatic heterocycles. The summed E-state index contributed by atoms with van der Waals surface area (Å²) < 4.78 is 4.50. The van der Waals surface area contributed by atoms with Gasteiger partial charge in [0.1, 0.15) is 0 Å². The van der Waals surface area contributed by atoms with Gasteiger partial charge in [-0.25, -0.2) is 4.79 Å². The van der Waals surface area contributed by atoms with Crippen LogP contribution in [0.15, 0.2) is 21.7 Å². The third-order valence-electron chi connectivity index (χ3n) is 4.70. The molecule has 130 valence electrons. The molecule has 0 N–H and O–H groups in total. The van der Waals surface area contributed by atoms with Crippen LogP contribution in [-0.4, -0.2) is 31.8 Å². The van der Waals surface area contributed by atoms with Crippen LogP contribution >= 0.6 is 0 Å². The molecule has 1 fully saturated rings. The number of hydrogen-bond donors (Lipinski definition) is 0. The molecular weight excluding hydrogens is 306 g/mol. The second kappa shape index (κ2) is 5.96. The molecule has 0 radical (unpaired) electrons. The number of nitrogens with zero attached hydrogens (tertiary/aromatic N) is 5. The van der Waals surface area contributed by atoms with E-state index in [1.807, 2.05) is 11.5 Å². The van der Waals surface area contributed by atoms with Crippen molar-refractivity contribution in [1.29, 1.82) is 0 Å². The van der Waals surface area contributed by atoms with Gasteiger partial charge >= 0.3 is 5.69 Å². The van der Waals surface area contributed by atoms with Crippen molar-refractivity contribution < 1.29 is 0 Å².